The predicted octanol–water partition coefficient (Wildman–Crippen LogP) is 1.75. The summed E-state index contributed by atoms with van der Waals surface area (Å²) in [5.41, 5.74) is 1.23. The molecule has 0 fully saturated rings. The van der Waals surface area contributed by atoms with Crippen LogP contribution in [0.5, 0.6) is 0 Å². The quantitative estimate of drug-likeness (QED) is 0.749. The first-order valence-electron chi connectivity index (χ1n) is 5.08. The second kappa shape index (κ2) is 5.78. The Bertz CT molecular complexity index is 244. The van der Waals surface area contributed by atoms with Crippen molar-refractivity contribution < 1.29 is 10.2 Å². The molecule has 0 aliphatic heterocycles. The van der Waals surface area contributed by atoms with E-state index in [1.165, 1.54) is 5.56 Å². The van der Waals surface area contributed by atoms with Gasteiger partial charge < -0.3 is 10.2 Å². The number of aliphatic hydroxyl groups excluding tert-OH is 2. The average Bonchev–Trinajstić information content (AvgIpc) is 2.15. The first kappa shape index (κ1) is 11.2. The van der Waals surface area contributed by atoms with Gasteiger partial charge in [-0.2, -0.15) is 0 Å². The molecule has 2 heteroatoms. The smallest absolute Gasteiger partial charge is 0.0567 e. The summed E-state index contributed by atoms with van der Waals surface area (Å²) < 4.78 is 0. The van der Waals surface area contributed by atoms with Crippen molar-refractivity contribution in [1.82, 2.24) is 0 Å². The van der Waals surface area contributed by atoms with Gasteiger partial charge in [0, 0.05) is 0 Å². The lowest BCUT2D eigenvalue weighted by molar-refractivity contribution is 0.0854. The Labute approximate surface area is 85.2 Å². The monoisotopic (exact) mass is 194 g/mol. The molecule has 0 unspecified atom stereocenters. The van der Waals surface area contributed by atoms with Gasteiger partial charge in [0.15, 0.2) is 0 Å². The molecule has 0 heterocycles. The van der Waals surface area contributed by atoms with E-state index in [4.69, 9.17) is 5.11 Å². The lowest BCUT2D eigenvalue weighted by atomic mass is 10.0. The van der Waals surface area contributed by atoms with Crippen molar-refractivity contribution in [2.45, 2.75) is 38.4 Å². The van der Waals surface area contributed by atoms with Gasteiger partial charge in [0.05, 0.1) is 12.2 Å². The van der Waals surface area contributed by atoms with Gasteiger partial charge >= 0.3 is 0 Å². The molecule has 0 aromatic heterocycles. The SMILES string of the molecule is C[C@H](O)C[C@H](O)CCc1ccccc1. The van der Waals surface area contributed by atoms with Crippen molar-refractivity contribution in [2.24, 2.45) is 0 Å². The summed E-state index contributed by atoms with van der Waals surface area (Å²) >= 11 is 0. The first-order chi connectivity index (χ1) is 6.68. The zero-order valence-corrected chi connectivity index (χ0v) is 8.56. The molecule has 2 atom stereocenters. The average molecular weight is 194 g/mol. The predicted molar refractivity (Wildman–Crippen MR) is 57.1 cm³/mol. The molecule has 2 N–H and O–H groups in total. The normalized spacial score (nSPS) is 15.1. The molecule has 14 heavy (non-hydrogen) atoms. The Balaban J connectivity index is 2.27. The molecule has 0 saturated carbocycles. The van der Waals surface area contributed by atoms with Crippen LogP contribution in [0.1, 0.15) is 25.3 Å². The molecule has 0 spiro atoms. The molecule has 0 radical (unpaired) electrons. The van der Waals surface area contributed by atoms with E-state index in [0.717, 1.165) is 12.8 Å². The highest BCUT2D eigenvalue weighted by atomic mass is 16.3. The van der Waals surface area contributed by atoms with Crippen LogP contribution >= 0.6 is 0 Å². The van der Waals surface area contributed by atoms with Crippen molar-refractivity contribution >= 4 is 0 Å². The van der Waals surface area contributed by atoms with Crippen LogP contribution in [0.4, 0.5) is 0 Å². The number of aryl methyl sites for hydroxylation is 1. The van der Waals surface area contributed by atoms with Crippen molar-refractivity contribution in [3.8, 4) is 0 Å². The maximum absolute atomic E-state index is 9.52. The Hall–Kier alpha value is -0.860. The minimum Gasteiger partial charge on any atom is -0.393 e. The van der Waals surface area contributed by atoms with E-state index in [9.17, 15) is 5.11 Å². The third kappa shape index (κ3) is 4.40. The number of hydrogen-bond acceptors (Lipinski definition) is 2. The molecule has 0 aliphatic rings. The van der Waals surface area contributed by atoms with E-state index in [1.807, 2.05) is 18.2 Å². The molecule has 0 saturated heterocycles. The number of benzene rings is 1. The highest BCUT2D eigenvalue weighted by Crippen LogP contribution is 2.08. The molecule has 0 aliphatic carbocycles. The summed E-state index contributed by atoms with van der Waals surface area (Å²) in [4.78, 5) is 0. The summed E-state index contributed by atoms with van der Waals surface area (Å²) in [6.45, 7) is 1.70. The summed E-state index contributed by atoms with van der Waals surface area (Å²) in [5.74, 6) is 0. The van der Waals surface area contributed by atoms with Crippen molar-refractivity contribution in [1.29, 1.82) is 0 Å². The lowest BCUT2D eigenvalue weighted by Gasteiger charge is -2.11. The number of hydrogen-bond donors (Lipinski definition) is 2. The van der Waals surface area contributed by atoms with Crippen molar-refractivity contribution in [2.75, 3.05) is 0 Å². The Morgan fingerprint density at radius 1 is 1.14 bits per heavy atom. The van der Waals surface area contributed by atoms with E-state index in [-0.39, 0.29) is 0 Å². The molecule has 2 nitrogen and oxygen atoms in total. The standard InChI is InChI=1S/C12H18O2/c1-10(13)9-12(14)8-7-11-5-3-2-4-6-11/h2-6,10,12-14H,7-9H2,1H3/t10-,12+/m0/s1. The van der Waals surface area contributed by atoms with Crippen molar-refractivity contribution in [3.05, 3.63) is 35.9 Å². The van der Waals surface area contributed by atoms with Crippen LogP contribution in [-0.2, 0) is 6.42 Å². The van der Waals surface area contributed by atoms with Gasteiger partial charge in [-0.05, 0) is 31.7 Å². The maximum atomic E-state index is 9.52. The van der Waals surface area contributed by atoms with Gasteiger partial charge in [-0.15, -0.1) is 0 Å². The zero-order valence-electron chi connectivity index (χ0n) is 8.56. The van der Waals surface area contributed by atoms with Crippen LogP contribution in [-0.4, -0.2) is 22.4 Å². The highest BCUT2D eigenvalue weighted by molar-refractivity contribution is 5.14. The molecule has 78 valence electrons. The van der Waals surface area contributed by atoms with E-state index in [1.54, 1.807) is 6.92 Å². The van der Waals surface area contributed by atoms with Crippen molar-refractivity contribution in [3.63, 3.8) is 0 Å². The van der Waals surface area contributed by atoms with Gasteiger partial charge in [0.25, 0.3) is 0 Å². The zero-order chi connectivity index (χ0) is 10.4. The Morgan fingerprint density at radius 2 is 1.79 bits per heavy atom. The van der Waals surface area contributed by atoms with Gasteiger partial charge in [-0.25, -0.2) is 0 Å². The Morgan fingerprint density at radius 3 is 2.36 bits per heavy atom. The van der Waals surface area contributed by atoms with Gasteiger partial charge in [0.2, 0.25) is 0 Å². The second-order valence-corrected chi connectivity index (χ2v) is 3.76. The molecule has 0 amide bonds. The molecular formula is C12H18O2. The molecule has 0 bridgehead atoms. The fourth-order valence-electron chi connectivity index (χ4n) is 1.49. The van der Waals surface area contributed by atoms with E-state index in [0.29, 0.717) is 6.42 Å². The summed E-state index contributed by atoms with van der Waals surface area (Å²) in [5, 5.41) is 18.6. The van der Waals surface area contributed by atoms with Gasteiger partial charge in [-0.1, -0.05) is 30.3 Å². The van der Waals surface area contributed by atoms with E-state index < -0.39 is 12.2 Å². The molecular weight excluding hydrogens is 176 g/mol. The van der Waals surface area contributed by atoms with Crippen LogP contribution in [0.3, 0.4) is 0 Å². The van der Waals surface area contributed by atoms with E-state index in [2.05, 4.69) is 12.1 Å². The first-order valence-corrected chi connectivity index (χ1v) is 5.08. The largest absolute Gasteiger partial charge is 0.393 e. The minimum atomic E-state index is -0.416. The number of aliphatic hydroxyl groups is 2. The Kier molecular flexibility index (Phi) is 4.63. The van der Waals surface area contributed by atoms with E-state index >= 15 is 0 Å². The third-order valence-electron chi connectivity index (χ3n) is 2.22. The second-order valence-electron chi connectivity index (χ2n) is 3.76. The van der Waals surface area contributed by atoms with Gasteiger partial charge in [0.1, 0.15) is 0 Å². The van der Waals surface area contributed by atoms with Gasteiger partial charge in [-0.3, -0.25) is 0 Å². The number of rotatable bonds is 5. The lowest BCUT2D eigenvalue weighted by Crippen LogP contribution is -2.15. The highest BCUT2D eigenvalue weighted by Gasteiger charge is 2.07. The summed E-state index contributed by atoms with van der Waals surface area (Å²) in [6, 6.07) is 10.1. The van der Waals surface area contributed by atoms with Crippen LogP contribution in [0, 0.1) is 0 Å². The van der Waals surface area contributed by atoms with Crippen LogP contribution in [0.2, 0.25) is 0 Å². The topological polar surface area (TPSA) is 40.5 Å². The molecule has 1 aromatic rings. The summed E-state index contributed by atoms with van der Waals surface area (Å²) in [7, 11) is 0. The maximum Gasteiger partial charge on any atom is 0.0567 e. The minimum absolute atomic E-state index is 0.393. The third-order valence-corrected chi connectivity index (χ3v) is 2.22. The van der Waals surface area contributed by atoms with Crippen LogP contribution < -0.4 is 0 Å². The summed E-state index contributed by atoms with van der Waals surface area (Å²) in [6.07, 6.45) is 1.24. The van der Waals surface area contributed by atoms with Crippen LogP contribution in [0.15, 0.2) is 30.3 Å². The fourth-order valence-corrected chi connectivity index (χ4v) is 1.49. The molecule has 1 rings (SSSR count). The fraction of sp³-hybridized carbons (Fsp3) is 0.500. The van der Waals surface area contributed by atoms with Crippen LogP contribution in [0.25, 0.3) is 0 Å². The molecule has 1 aromatic carbocycles.